The molecule has 0 aliphatic rings. The molecule has 0 unspecified atom stereocenters. The zero-order chi connectivity index (χ0) is 6.24. The molecule has 0 aliphatic heterocycles. The molecule has 1 aromatic carbocycles. The first kappa shape index (κ1) is 16.7. The van der Waals surface area contributed by atoms with Crippen LogP contribution in [0.4, 0.5) is 0 Å². The van der Waals surface area contributed by atoms with Crippen LogP contribution in [0.3, 0.4) is 0 Å². The van der Waals surface area contributed by atoms with Gasteiger partial charge >= 0.3 is 0 Å². The first-order valence-corrected chi connectivity index (χ1v) is 3.00. The maximum absolute atomic E-state index is 2.00. The quantitative estimate of drug-likeness (QED) is 0.579. The van der Waals surface area contributed by atoms with E-state index in [4.69, 9.17) is 0 Å². The second-order valence-corrected chi connectivity index (χ2v) is 1.15. The monoisotopic (exact) mass is 212 g/mol. The average molecular weight is 212 g/mol. The molecular formula is C9H15Y-. The van der Waals surface area contributed by atoms with Gasteiger partial charge in [0, 0.05) is 32.7 Å². The van der Waals surface area contributed by atoms with E-state index in [2.05, 4.69) is 0 Å². The van der Waals surface area contributed by atoms with E-state index in [1.165, 1.54) is 0 Å². The molecule has 0 aromatic heterocycles. The largest absolute Gasteiger partial charge is 0.358 e. The number of rotatable bonds is 0. The van der Waals surface area contributed by atoms with Crippen molar-refractivity contribution in [3.8, 4) is 0 Å². The fraction of sp³-hybridized carbons (Fsp3) is 0.222. The molecular weight excluding hydrogens is 197 g/mol. The van der Waals surface area contributed by atoms with Gasteiger partial charge in [0.2, 0.25) is 0 Å². The Hall–Kier alpha value is 0.324. The van der Waals surface area contributed by atoms with Crippen LogP contribution >= 0.6 is 0 Å². The van der Waals surface area contributed by atoms with Crippen molar-refractivity contribution in [2.24, 2.45) is 0 Å². The van der Waals surface area contributed by atoms with Crippen molar-refractivity contribution >= 4 is 0 Å². The Labute approximate surface area is 89.9 Å². The van der Waals surface area contributed by atoms with Crippen molar-refractivity contribution in [1.82, 2.24) is 0 Å². The maximum atomic E-state index is 2.00. The van der Waals surface area contributed by atoms with Crippen molar-refractivity contribution < 1.29 is 32.7 Å². The van der Waals surface area contributed by atoms with E-state index >= 15 is 0 Å². The van der Waals surface area contributed by atoms with E-state index in [0.29, 0.717) is 0 Å². The van der Waals surface area contributed by atoms with Gasteiger partial charge in [0.1, 0.15) is 0 Å². The zero-order valence-electron chi connectivity index (χ0n) is 7.04. The fourth-order valence-corrected chi connectivity index (χ4v) is 0.385. The number of hydrogen-bond donors (Lipinski definition) is 0. The summed E-state index contributed by atoms with van der Waals surface area (Å²) < 4.78 is 0. The average Bonchev–Trinajstić information content (AvgIpc) is 1.96. The Morgan fingerprint density at radius 2 is 0.700 bits per heavy atom. The van der Waals surface area contributed by atoms with E-state index < -0.39 is 0 Å². The molecule has 0 spiro atoms. The van der Waals surface area contributed by atoms with Crippen LogP contribution in [0.2, 0.25) is 0 Å². The molecule has 0 heterocycles. The smallest absolute Gasteiger partial charge is 0 e. The summed E-state index contributed by atoms with van der Waals surface area (Å²) in [5.41, 5.74) is 0. The molecule has 0 fully saturated rings. The minimum absolute atomic E-state index is 0. The molecule has 0 saturated carbocycles. The molecule has 10 heavy (non-hydrogen) atoms. The summed E-state index contributed by atoms with van der Waals surface area (Å²) in [4.78, 5) is 0. The molecule has 0 atom stereocenters. The summed E-state index contributed by atoms with van der Waals surface area (Å²) in [6.07, 6.45) is 0. The van der Waals surface area contributed by atoms with Gasteiger partial charge in [-0.1, -0.05) is 50.2 Å². The SMILES string of the molecule is CC.[CH3-].[Y].c1ccccc1. The van der Waals surface area contributed by atoms with Crippen LogP contribution in [0.15, 0.2) is 36.4 Å². The Kier molecular flexibility index (Phi) is 27.0. The van der Waals surface area contributed by atoms with E-state index in [-0.39, 0.29) is 40.1 Å². The predicted octanol–water partition coefficient (Wildman–Crippen LogP) is 3.16. The van der Waals surface area contributed by atoms with Crippen molar-refractivity contribution in [2.75, 3.05) is 0 Å². The minimum atomic E-state index is 0. The van der Waals surface area contributed by atoms with Crippen molar-refractivity contribution in [1.29, 1.82) is 0 Å². The van der Waals surface area contributed by atoms with Gasteiger partial charge in [-0.05, 0) is 0 Å². The van der Waals surface area contributed by atoms with Gasteiger partial charge in [-0.15, -0.1) is 0 Å². The van der Waals surface area contributed by atoms with Gasteiger partial charge < -0.3 is 7.43 Å². The predicted molar refractivity (Wildman–Crippen MR) is 44.2 cm³/mol. The van der Waals surface area contributed by atoms with Gasteiger partial charge in [-0.2, -0.15) is 0 Å². The van der Waals surface area contributed by atoms with E-state index in [0.717, 1.165) is 0 Å². The Balaban J connectivity index is -0.000000114. The molecule has 0 nitrogen and oxygen atoms in total. The third-order valence-corrected chi connectivity index (χ3v) is 0.667. The van der Waals surface area contributed by atoms with Gasteiger partial charge in [-0.25, -0.2) is 0 Å². The second-order valence-electron chi connectivity index (χ2n) is 1.15. The molecule has 0 aliphatic carbocycles. The first-order valence-electron chi connectivity index (χ1n) is 3.00. The normalized spacial score (nSPS) is 5.40. The maximum Gasteiger partial charge on any atom is 0 e. The van der Waals surface area contributed by atoms with E-state index in [1.54, 1.807) is 0 Å². The number of hydrogen-bond acceptors (Lipinski definition) is 0. The van der Waals surface area contributed by atoms with Gasteiger partial charge in [0.25, 0.3) is 0 Å². The molecule has 0 N–H and O–H groups in total. The molecule has 55 valence electrons. The summed E-state index contributed by atoms with van der Waals surface area (Å²) >= 11 is 0. The first-order chi connectivity index (χ1) is 4.00. The Morgan fingerprint density at radius 1 is 0.600 bits per heavy atom. The van der Waals surface area contributed by atoms with Crippen LogP contribution in [-0.4, -0.2) is 0 Å². The topological polar surface area (TPSA) is 0 Å². The molecule has 1 heteroatoms. The van der Waals surface area contributed by atoms with Gasteiger partial charge in [-0.3, -0.25) is 0 Å². The zero-order valence-corrected chi connectivity index (χ0v) is 9.88. The minimum Gasteiger partial charge on any atom is -0.358 e. The van der Waals surface area contributed by atoms with Crippen molar-refractivity contribution in [3.63, 3.8) is 0 Å². The van der Waals surface area contributed by atoms with Gasteiger partial charge in [0.05, 0.1) is 0 Å². The van der Waals surface area contributed by atoms with E-state index in [9.17, 15) is 0 Å². The van der Waals surface area contributed by atoms with E-state index in [1.807, 2.05) is 50.2 Å². The Bertz CT molecular complexity index is 76.7. The molecule has 1 rings (SSSR count). The van der Waals surface area contributed by atoms with Crippen LogP contribution in [-0.2, 0) is 32.7 Å². The summed E-state index contributed by atoms with van der Waals surface area (Å²) in [6, 6.07) is 12.0. The van der Waals surface area contributed by atoms with Crippen molar-refractivity contribution in [2.45, 2.75) is 13.8 Å². The van der Waals surface area contributed by atoms with Crippen LogP contribution < -0.4 is 0 Å². The second kappa shape index (κ2) is 16.2. The molecule has 1 aromatic rings. The van der Waals surface area contributed by atoms with Crippen molar-refractivity contribution in [3.05, 3.63) is 43.8 Å². The fourth-order valence-electron chi connectivity index (χ4n) is 0.385. The third-order valence-electron chi connectivity index (χ3n) is 0.667. The summed E-state index contributed by atoms with van der Waals surface area (Å²) in [6.45, 7) is 4.00. The summed E-state index contributed by atoms with van der Waals surface area (Å²) in [5.74, 6) is 0. The van der Waals surface area contributed by atoms with Crippen LogP contribution in [0.5, 0.6) is 0 Å². The van der Waals surface area contributed by atoms with Crippen LogP contribution in [0, 0.1) is 7.43 Å². The summed E-state index contributed by atoms with van der Waals surface area (Å²) in [7, 11) is 0. The third kappa shape index (κ3) is 11.2. The number of benzene rings is 1. The van der Waals surface area contributed by atoms with Crippen LogP contribution in [0.25, 0.3) is 0 Å². The standard InChI is InChI=1S/C6H6.C2H6.CH3.Y/c1-2-4-6-5-3-1;1-2;;/h1-6H;1-2H3;1H3;/q;;-1;. The molecule has 1 radical (unpaired) electrons. The molecule has 0 saturated heterocycles. The van der Waals surface area contributed by atoms with Crippen LogP contribution in [0.1, 0.15) is 13.8 Å². The molecule has 0 bridgehead atoms. The van der Waals surface area contributed by atoms with Gasteiger partial charge in [0.15, 0.2) is 0 Å². The Morgan fingerprint density at radius 3 is 0.800 bits per heavy atom. The summed E-state index contributed by atoms with van der Waals surface area (Å²) in [5, 5.41) is 0. The molecule has 0 amide bonds.